The Balaban J connectivity index is 2.28. The zero-order valence-corrected chi connectivity index (χ0v) is 13.6. The van der Waals surface area contributed by atoms with E-state index < -0.39 is 23.9 Å². The minimum absolute atomic E-state index is 0.0825. The first-order valence-corrected chi connectivity index (χ1v) is 7.57. The van der Waals surface area contributed by atoms with E-state index in [0.717, 1.165) is 0 Å². The fourth-order valence-corrected chi connectivity index (χ4v) is 2.14. The molecule has 0 aliphatic rings. The molecule has 0 saturated carbocycles. The third-order valence-electron chi connectivity index (χ3n) is 3.23. The van der Waals surface area contributed by atoms with Gasteiger partial charge in [-0.1, -0.05) is 60.7 Å². The lowest BCUT2D eigenvalue weighted by Gasteiger charge is -2.16. The van der Waals surface area contributed by atoms with Crippen LogP contribution in [-0.2, 0) is 19.1 Å². The Hall–Kier alpha value is -3.41. The van der Waals surface area contributed by atoms with E-state index in [1.54, 1.807) is 54.6 Å². The number of hydrogen-bond donors (Lipinski definition) is 2. The highest BCUT2D eigenvalue weighted by atomic mass is 16.5. The molecule has 0 spiro atoms. The molecule has 0 saturated heterocycles. The number of nitrogens with two attached hydrogens (primary N) is 1. The average molecular weight is 338 g/mol. The topological polar surface area (TPSA) is 98.5 Å². The number of carbonyl (C=O) groups excluding carboxylic acids is 3. The van der Waals surface area contributed by atoms with E-state index in [2.05, 4.69) is 5.32 Å². The summed E-state index contributed by atoms with van der Waals surface area (Å²) in [5, 5.41) is 2.42. The highest BCUT2D eigenvalue weighted by molar-refractivity contribution is 5.98. The van der Waals surface area contributed by atoms with Crippen LogP contribution in [0.2, 0.25) is 0 Å². The standard InChI is InChI=1S/C19H18N2O4/c1-13(22)21-16(12-14-8-4-2-5-9-14)19(24)25-17(18(20)23)15-10-6-3-7-11-15/h2-12,17H,1H3,(H2,20,23)(H,21,22)/b16-12+/t17-/m1/s1. The van der Waals surface area contributed by atoms with Gasteiger partial charge < -0.3 is 15.8 Å². The van der Waals surface area contributed by atoms with Crippen molar-refractivity contribution < 1.29 is 19.1 Å². The molecule has 0 bridgehead atoms. The molecule has 0 unspecified atom stereocenters. The summed E-state index contributed by atoms with van der Waals surface area (Å²) in [5.41, 5.74) is 6.41. The quantitative estimate of drug-likeness (QED) is 0.621. The Bertz CT molecular complexity index is 786. The van der Waals surface area contributed by atoms with Crippen LogP contribution in [0, 0.1) is 0 Å². The normalized spacial score (nSPS) is 12.1. The van der Waals surface area contributed by atoms with E-state index in [1.165, 1.54) is 13.0 Å². The highest BCUT2D eigenvalue weighted by Gasteiger charge is 2.24. The first-order chi connectivity index (χ1) is 12.0. The van der Waals surface area contributed by atoms with Crippen LogP contribution >= 0.6 is 0 Å². The van der Waals surface area contributed by atoms with E-state index in [9.17, 15) is 14.4 Å². The van der Waals surface area contributed by atoms with Crippen LogP contribution in [0.4, 0.5) is 0 Å². The SMILES string of the molecule is CC(=O)N/C(=C/c1ccccc1)C(=O)O[C@@H](C(N)=O)c1ccccc1. The minimum Gasteiger partial charge on any atom is -0.443 e. The van der Waals surface area contributed by atoms with Gasteiger partial charge in [0.05, 0.1) is 0 Å². The summed E-state index contributed by atoms with van der Waals surface area (Å²) in [6.45, 7) is 1.27. The number of ether oxygens (including phenoxy) is 1. The Kier molecular flexibility index (Phi) is 6.06. The Morgan fingerprint density at radius 2 is 1.56 bits per heavy atom. The van der Waals surface area contributed by atoms with Gasteiger partial charge >= 0.3 is 5.97 Å². The van der Waals surface area contributed by atoms with E-state index in [1.807, 2.05) is 6.07 Å². The lowest BCUT2D eigenvalue weighted by Crippen LogP contribution is -2.31. The first-order valence-electron chi connectivity index (χ1n) is 7.57. The molecule has 0 radical (unpaired) electrons. The second kappa shape index (κ2) is 8.44. The van der Waals surface area contributed by atoms with E-state index in [-0.39, 0.29) is 5.70 Å². The van der Waals surface area contributed by atoms with Crippen LogP contribution in [0.25, 0.3) is 6.08 Å². The van der Waals surface area contributed by atoms with Gasteiger partial charge in [0.15, 0.2) is 0 Å². The van der Waals surface area contributed by atoms with Crippen molar-refractivity contribution in [1.82, 2.24) is 5.32 Å². The number of amides is 2. The Morgan fingerprint density at radius 1 is 1.00 bits per heavy atom. The van der Waals surface area contributed by atoms with Gasteiger partial charge in [-0.2, -0.15) is 0 Å². The maximum Gasteiger partial charge on any atom is 0.355 e. The largest absolute Gasteiger partial charge is 0.443 e. The summed E-state index contributed by atoms with van der Waals surface area (Å²) >= 11 is 0. The van der Waals surface area contributed by atoms with Crippen molar-refractivity contribution in [3.63, 3.8) is 0 Å². The number of carbonyl (C=O) groups is 3. The van der Waals surface area contributed by atoms with Crippen molar-refractivity contribution in [3.05, 3.63) is 77.5 Å². The third-order valence-corrected chi connectivity index (χ3v) is 3.23. The van der Waals surface area contributed by atoms with Crippen LogP contribution in [0.3, 0.4) is 0 Å². The minimum atomic E-state index is -1.25. The average Bonchev–Trinajstić information content (AvgIpc) is 2.60. The Morgan fingerprint density at radius 3 is 2.08 bits per heavy atom. The van der Waals surface area contributed by atoms with Gasteiger partial charge in [-0.15, -0.1) is 0 Å². The van der Waals surface area contributed by atoms with Crippen LogP contribution in [-0.4, -0.2) is 17.8 Å². The molecule has 2 aromatic carbocycles. The number of rotatable bonds is 6. The molecule has 6 nitrogen and oxygen atoms in total. The van der Waals surface area contributed by atoms with Crippen molar-refractivity contribution in [2.75, 3.05) is 0 Å². The molecule has 0 aliphatic heterocycles. The molecular formula is C19H18N2O4. The monoisotopic (exact) mass is 338 g/mol. The van der Waals surface area contributed by atoms with Crippen molar-refractivity contribution in [1.29, 1.82) is 0 Å². The molecule has 6 heteroatoms. The van der Waals surface area contributed by atoms with Crippen molar-refractivity contribution in [3.8, 4) is 0 Å². The molecule has 0 aromatic heterocycles. The summed E-state index contributed by atoms with van der Waals surface area (Å²) in [4.78, 5) is 35.5. The molecule has 1 atom stereocenters. The van der Waals surface area contributed by atoms with Gasteiger partial charge in [-0.05, 0) is 11.6 Å². The summed E-state index contributed by atoms with van der Waals surface area (Å²) in [6.07, 6.45) is 0.217. The summed E-state index contributed by atoms with van der Waals surface area (Å²) < 4.78 is 5.24. The number of nitrogens with one attached hydrogen (secondary N) is 1. The number of esters is 1. The number of primary amides is 1. The second-order valence-electron chi connectivity index (χ2n) is 5.25. The lowest BCUT2D eigenvalue weighted by atomic mass is 10.1. The predicted molar refractivity (Wildman–Crippen MR) is 92.7 cm³/mol. The molecule has 2 rings (SSSR count). The van der Waals surface area contributed by atoms with E-state index >= 15 is 0 Å². The van der Waals surface area contributed by atoms with Crippen molar-refractivity contribution in [2.45, 2.75) is 13.0 Å². The highest BCUT2D eigenvalue weighted by Crippen LogP contribution is 2.18. The van der Waals surface area contributed by atoms with E-state index in [4.69, 9.17) is 10.5 Å². The molecule has 0 aliphatic carbocycles. The van der Waals surface area contributed by atoms with Gasteiger partial charge in [-0.25, -0.2) is 4.79 Å². The van der Waals surface area contributed by atoms with Crippen molar-refractivity contribution in [2.24, 2.45) is 5.73 Å². The molecule has 128 valence electrons. The molecular weight excluding hydrogens is 320 g/mol. The Labute approximate surface area is 145 Å². The molecule has 25 heavy (non-hydrogen) atoms. The zero-order valence-electron chi connectivity index (χ0n) is 13.6. The van der Waals surface area contributed by atoms with Gasteiger partial charge in [0.1, 0.15) is 5.70 Å². The number of benzene rings is 2. The van der Waals surface area contributed by atoms with Gasteiger partial charge in [-0.3, -0.25) is 9.59 Å². The first kappa shape index (κ1) is 17.9. The maximum absolute atomic E-state index is 12.5. The predicted octanol–water partition coefficient (Wildman–Crippen LogP) is 1.93. The smallest absolute Gasteiger partial charge is 0.355 e. The lowest BCUT2D eigenvalue weighted by molar-refractivity contribution is -0.152. The van der Waals surface area contributed by atoms with Crippen LogP contribution in [0.15, 0.2) is 66.4 Å². The third kappa shape index (κ3) is 5.31. The maximum atomic E-state index is 12.5. The number of hydrogen-bond acceptors (Lipinski definition) is 4. The molecule has 0 fully saturated rings. The summed E-state index contributed by atoms with van der Waals surface area (Å²) in [7, 11) is 0. The molecule has 2 amide bonds. The summed E-state index contributed by atoms with van der Waals surface area (Å²) in [5.74, 6) is -2.09. The van der Waals surface area contributed by atoms with E-state index in [0.29, 0.717) is 11.1 Å². The second-order valence-corrected chi connectivity index (χ2v) is 5.25. The molecule has 3 N–H and O–H groups in total. The van der Waals surface area contributed by atoms with Gasteiger partial charge in [0.25, 0.3) is 5.91 Å². The van der Waals surface area contributed by atoms with Gasteiger partial charge in [0, 0.05) is 12.5 Å². The molecule has 0 heterocycles. The molecule has 2 aromatic rings. The zero-order chi connectivity index (χ0) is 18.2. The van der Waals surface area contributed by atoms with Gasteiger partial charge in [0.2, 0.25) is 12.0 Å². The summed E-state index contributed by atoms with van der Waals surface area (Å²) in [6, 6.07) is 17.4. The van der Waals surface area contributed by atoms with Crippen LogP contribution in [0.5, 0.6) is 0 Å². The van der Waals surface area contributed by atoms with Crippen LogP contribution < -0.4 is 11.1 Å². The van der Waals surface area contributed by atoms with Crippen LogP contribution in [0.1, 0.15) is 24.2 Å². The van der Waals surface area contributed by atoms with Crippen molar-refractivity contribution >= 4 is 23.9 Å². The fourth-order valence-electron chi connectivity index (χ4n) is 2.14. The fraction of sp³-hybridized carbons (Fsp3) is 0.105.